The minimum absolute atomic E-state index is 0.0763. The van der Waals surface area contributed by atoms with Gasteiger partial charge in [0.05, 0.1) is 11.4 Å². The lowest BCUT2D eigenvalue weighted by atomic mass is 10.1. The van der Waals surface area contributed by atoms with E-state index < -0.39 is 0 Å². The van der Waals surface area contributed by atoms with E-state index in [0.717, 1.165) is 29.9 Å². The summed E-state index contributed by atoms with van der Waals surface area (Å²) in [6.07, 6.45) is 6.78. The van der Waals surface area contributed by atoms with Crippen molar-refractivity contribution in [3.8, 4) is 5.69 Å². The summed E-state index contributed by atoms with van der Waals surface area (Å²) in [5, 5.41) is 7.57. The van der Waals surface area contributed by atoms with E-state index in [1.54, 1.807) is 6.20 Å². The predicted octanol–water partition coefficient (Wildman–Crippen LogP) is 3.26. The van der Waals surface area contributed by atoms with Crippen molar-refractivity contribution in [2.24, 2.45) is 0 Å². The molecule has 2 aromatic heterocycles. The first kappa shape index (κ1) is 17.9. The SMILES string of the molecule is Cc1nn(-c2ccccc2)cc1CCCNC(=O)CCc1ccccn1. The van der Waals surface area contributed by atoms with Crippen LogP contribution in [0.1, 0.15) is 29.8 Å². The molecule has 0 aliphatic heterocycles. The molecule has 0 aliphatic carbocycles. The van der Waals surface area contributed by atoms with Crippen LogP contribution in [0.25, 0.3) is 5.69 Å². The van der Waals surface area contributed by atoms with Crippen LogP contribution in [0.5, 0.6) is 0 Å². The van der Waals surface area contributed by atoms with Gasteiger partial charge in [0.2, 0.25) is 5.91 Å². The molecule has 0 radical (unpaired) electrons. The fourth-order valence-electron chi connectivity index (χ4n) is 2.84. The van der Waals surface area contributed by atoms with Crippen LogP contribution < -0.4 is 5.32 Å². The Labute approximate surface area is 154 Å². The summed E-state index contributed by atoms with van der Waals surface area (Å²) in [6.45, 7) is 2.71. The summed E-state index contributed by atoms with van der Waals surface area (Å²) in [7, 11) is 0. The molecule has 0 saturated heterocycles. The molecular weight excluding hydrogens is 324 g/mol. The number of hydrogen-bond donors (Lipinski definition) is 1. The Morgan fingerprint density at radius 2 is 1.88 bits per heavy atom. The van der Waals surface area contributed by atoms with Crippen molar-refractivity contribution in [3.05, 3.63) is 77.9 Å². The van der Waals surface area contributed by atoms with E-state index in [4.69, 9.17) is 0 Å². The van der Waals surface area contributed by atoms with Crippen LogP contribution in [0.15, 0.2) is 60.9 Å². The Hall–Kier alpha value is -2.95. The maximum Gasteiger partial charge on any atom is 0.220 e. The lowest BCUT2D eigenvalue weighted by molar-refractivity contribution is -0.121. The molecule has 0 fully saturated rings. The number of para-hydroxylation sites is 1. The summed E-state index contributed by atoms with van der Waals surface area (Å²) in [5.41, 5.74) is 4.27. The molecule has 26 heavy (non-hydrogen) atoms. The van der Waals surface area contributed by atoms with Crippen LogP contribution in [-0.4, -0.2) is 27.2 Å². The zero-order valence-corrected chi connectivity index (χ0v) is 15.1. The second kappa shape index (κ2) is 8.94. The van der Waals surface area contributed by atoms with Gasteiger partial charge < -0.3 is 5.32 Å². The second-order valence-electron chi connectivity index (χ2n) is 6.29. The molecule has 0 aliphatic rings. The van der Waals surface area contributed by atoms with Gasteiger partial charge in [-0.05, 0) is 56.0 Å². The molecule has 1 N–H and O–H groups in total. The average molecular weight is 348 g/mol. The zero-order chi connectivity index (χ0) is 18.2. The number of rotatable bonds is 8. The van der Waals surface area contributed by atoms with E-state index in [2.05, 4.69) is 21.6 Å². The third kappa shape index (κ3) is 5.02. The Morgan fingerprint density at radius 3 is 2.65 bits per heavy atom. The van der Waals surface area contributed by atoms with Gasteiger partial charge in [0.1, 0.15) is 0 Å². The van der Waals surface area contributed by atoms with Crippen molar-refractivity contribution in [1.82, 2.24) is 20.1 Å². The number of benzene rings is 1. The summed E-state index contributed by atoms with van der Waals surface area (Å²) < 4.78 is 1.91. The Balaban J connectivity index is 1.41. The fraction of sp³-hybridized carbons (Fsp3) is 0.286. The molecule has 1 aromatic carbocycles. The molecule has 0 saturated carbocycles. The van der Waals surface area contributed by atoms with Gasteiger partial charge in [-0.3, -0.25) is 9.78 Å². The summed E-state index contributed by atoms with van der Waals surface area (Å²) in [4.78, 5) is 16.2. The van der Waals surface area contributed by atoms with Crippen LogP contribution in [-0.2, 0) is 17.6 Å². The highest BCUT2D eigenvalue weighted by atomic mass is 16.1. The van der Waals surface area contributed by atoms with Gasteiger partial charge >= 0.3 is 0 Å². The molecule has 5 heteroatoms. The quantitative estimate of drug-likeness (QED) is 0.636. The molecule has 1 amide bonds. The van der Waals surface area contributed by atoms with E-state index in [-0.39, 0.29) is 5.91 Å². The second-order valence-corrected chi connectivity index (χ2v) is 6.29. The van der Waals surface area contributed by atoms with E-state index in [9.17, 15) is 4.79 Å². The van der Waals surface area contributed by atoms with Crippen LogP contribution in [0, 0.1) is 6.92 Å². The van der Waals surface area contributed by atoms with Crippen molar-refractivity contribution in [3.63, 3.8) is 0 Å². The van der Waals surface area contributed by atoms with Gasteiger partial charge in [-0.1, -0.05) is 24.3 Å². The first-order valence-corrected chi connectivity index (χ1v) is 8.99. The molecule has 0 bridgehead atoms. The lowest BCUT2D eigenvalue weighted by Gasteiger charge is -2.05. The largest absolute Gasteiger partial charge is 0.356 e. The number of nitrogens with one attached hydrogen (secondary N) is 1. The molecule has 3 aromatic rings. The van der Waals surface area contributed by atoms with Gasteiger partial charge in [-0.15, -0.1) is 0 Å². The summed E-state index contributed by atoms with van der Waals surface area (Å²) >= 11 is 0. The van der Waals surface area contributed by atoms with E-state index in [1.165, 1.54) is 5.56 Å². The third-order valence-corrected chi connectivity index (χ3v) is 4.30. The van der Waals surface area contributed by atoms with E-state index in [1.807, 2.05) is 60.1 Å². The molecule has 5 nitrogen and oxygen atoms in total. The highest BCUT2D eigenvalue weighted by Gasteiger charge is 2.07. The highest BCUT2D eigenvalue weighted by molar-refractivity contribution is 5.76. The highest BCUT2D eigenvalue weighted by Crippen LogP contribution is 2.13. The maximum atomic E-state index is 11.9. The predicted molar refractivity (Wildman–Crippen MR) is 102 cm³/mol. The molecule has 2 heterocycles. The average Bonchev–Trinajstić information content (AvgIpc) is 3.06. The fourth-order valence-corrected chi connectivity index (χ4v) is 2.84. The maximum absolute atomic E-state index is 11.9. The van der Waals surface area contributed by atoms with Crippen molar-refractivity contribution >= 4 is 5.91 Å². The van der Waals surface area contributed by atoms with E-state index >= 15 is 0 Å². The monoisotopic (exact) mass is 348 g/mol. The molecule has 3 rings (SSSR count). The number of pyridine rings is 1. The van der Waals surface area contributed by atoms with Crippen LogP contribution in [0.4, 0.5) is 0 Å². The van der Waals surface area contributed by atoms with Crippen molar-refractivity contribution in [1.29, 1.82) is 0 Å². The number of hydrogen-bond acceptors (Lipinski definition) is 3. The molecule has 0 unspecified atom stereocenters. The number of aromatic nitrogens is 3. The topological polar surface area (TPSA) is 59.8 Å². The van der Waals surface area contributed by atoms with Crippen molar-refractivity contribution in [2.75, 3.05) is 6.54 Å². The Bertz CT molecular complexity index is 828. The molecule has 0 atom stereocenters. The Morgan fingerprint density at radius 1 is 1.08 bits per heavy atom. The number of aryl methyl sites for hydroxylation is 3. The first-order chi connectivity index (χ1) is 12.7. The van der Waals surface area contributed by atoms with Crippen LogP contribution in [0.3, 0.4) is 0 Å². The van der Waals surface area contributed by atoms with Crippen molar-refractivity contribution < 1.29 is 4.79 Å². The minimum atomic E-state index is 0.0763. The summed E-state index contributed by atoms with van der Waals surface area (Å²) in [6, 6.07) is 15.9. The third-order valence-electron chi connectivity index (χ3n) is 4.30. The van der Waals surface area contributed by atoms with Crippen LogP contribution in [0.2, 0.25) is 0 Å². The van der Waals surface area contributed by atoms with Gasteiger partial charge in [-0.25, -0.2) is 4.68 Å². The van der Waals surface area contributed by atoms with Gasteiger partial charge in [0.15, 0.2) is 0 Å². The number of nitrogens with zero attached hydrogens (tertiary/aromatic N) is 3. The molecular formula is C21H24N4O. The smallest absolute Gasteiger partial charge is 0.220 e. The normalized spacial score (nSPS) is 10.7. The molecule has 134 valence electrons. The van der Waals surface area contributed by atoms with Gasteiger partial charge in [-0.2, -0.15) is 5.10 Å². The molecule has 0 spiro atoms. The number of carbonyl (C=O) groups excluding carboxylic acids is 1. The lowest BCUT2D eigenvalue weighted by Crippen LogP contribution is -2.25. The minimum Gasteiger partial charge on any atom is -0.356 e. The van der Waals surface area contributed by atoms with E-state index in [0.29, 0.717) is 19.4 Å². The van der Waals surface area contributed by atoms with Gasteiger partial charge in [0.25, 0.3) is 0 Å². The summed E-state index contributed by atoms with van der Waals surface area (Å²) in [5.74, 6) is 0.0763. The zero-order valence-electron chi connectivity index (χ0n) is 15.1. The van der Waals surface area contributed by atoms with Crippen molar-refractivity contribution in [2.45, 2.75) is 32.6 Å². The van der Waals surface area contributed by atoms with Gasteiger partial charge in [0, 0.05) is 31.1 Å². The first-order valence-electron chi connectivity index (χ1n) is 8.99. The van der Waals surface area contributed by atoms with Crippen LogP contribution >= 0.6 is 0 Å². The Kier molecular flexibility index (Phi) is 6.14. The standard InChI is InChI=1S/C21H24N4O/c1-17-18(16-25(24-17)20-10-3-2-4-11-20)8-7-15-23-21(26)13-12-19-9-5-6-14-22-19/h2-6,9-11,14,16H,7-8,12-13,15H2,1H3,(H,23,26). The number of amides is 1. The number of carbonyl (C=O) groups is 1.